The van der Waals surface area contributed by atoms with Gasteiger partial charge in [0.05, 0.1) is 10.5 Å². The van der Waals surface area contributed by atoms with Gasteiger partial charge in [-0.1, -0.05) is 25.0 Å². The van der Waals surface area contributed by atoms with Crippen molar-refractivity contribution in [3.8, 4) is 0 Å². The summed E-state index contributed by atoms with van der Waals surface area (Å²) in [5.74, 6) is 0.214. The molecule has 3 atom stereocenters. The molecule has 0 aromatic heterocycles. The summed E-state index contributed by atoms with van der Waals surface area (Å²) in [7, 11) is 0. The van der Waals surface area contributed by atoms with Crippen LogP contribution in [0.25, 0.3) is 0 Å². The SMILES string of the molecule is Cl.O=[N+]([O-])c1ccc(C2NCCC3(O)CCCCC23)cc1. The van der Waals surface area contributed by atoms with Gasteiger partial charge in [0.15, 0.2) is 0 Å². The molecule has 3 rings (SSSR count). The molecule has 2 aliphatic rings. The summed E-state index contributed by atoms with van der Waals surface area (Å²) in [4.78, 5) is 10.3. The standard InChI is InChI=1S/C15H20N2O3.ClH/c18-15-8-2-1-3-13(15)14(16-10-9-15)11-4-6-12(7-5-11)17(19)20;/h4-7,13-14,16,18H,1-3,8-10H2;1H. The smallest absolute Gasteiger partial charge is 0.269 e. The summed E-state index contributed by atoms with van der Waals surface area (Å²) in [5.41, 5.74) is 0.597. The van der Waals surface area contributed by atoms with Crippen molar-refractivity contribution in [1.29, 1.82) is 0 Å². The maximum absolute atomic E-state index is 10.8. The summed E-state index contributed by atoms with van der Waals surface area (Å²) in [5, 5.41) is 25.0. The van der Waals surface area contributed by atoms with E-state index in [0.29, 0.717) is 0 Å². The first-order chi connectivity index (χ1) is 9.60. The topological polar surface area (TPSA) is 75.4 Å². The van der Waals surface area contributed by atoms with Crippen LogP contribution in [-0.4, -0.2) is 22.2 Å². The van der Waals surface area contributed by atoms with Crippen LogP contribution in [0.2, 0.25) is 0 Å². The zero-order chi connectivity index (χ0) is 14.2. The maximum Gasteiger partial charge on any atom is 0.269 e. The first-order valence-corrected chi connectivity index (χ1v) is 7.30. The number of nitrogens with zero attached hydrogens (tertiary/aromatic N) is 1. The summed E-state index contributed by atoms with van der Waals surface area (Å²) in [6.45, 7) is 0.800. The first-order valence-electron chi connectivity index (χ1n) is 7.30. The Balaban J connectivity index is 0.00000161. The molecule has 5 nitrogen and oxygen atoms in total. The average Bonchev–Trinajstić information content (AvgIpc) is 2.46. The normalized spacial score (nSPS) is 31.9. The highest BCUT2D eigenvalue weighted by atomic mass is 35.5. The third-order valence-corrected chi connectivity index (χ3v) is 4.85. The maximum atomic E-state index is 10.8. The second kappa shape index (κ2) is 6.30. The van der Waals surface area contributed by atoms with Crippen molar-refractivity contribution in [3.63, 3.8) is 0 Å². The van der Waals surface area contributed by atoms with Crippen molar-refractivity contribution in [3.05, 3.63) is 39.9 Å². The number of nitro groups is 1. The largest absolute Gasteiger partial charge is 0.389 e. The predicted molar refractivity (Wildman–Crippen MR) is 82.6 cm³/mol. The van der Waals surface area contributed by atoms with E-state index in [1.165, 1.54) is 0 Å². The van der Waals surface area contributed by atoms with E-state index in [4.69, 9.17) is 0 Å². The van der Waals surface area contributed by atoms with E-state index in [1.807, 2.05) is 12.1 Å². The van der Waals surface area contributed by atoms with Crippen LogP contribution in [0.1, 0.15) is 43.7 Å². The zero-order valence-electron chi connectivity index (χ0n) is 11.8. The van der Waals surface area contributed by atoms with Crippen LogP contribution < -0.4 is 5.32 Å². The Morgan fingerprint density at radius 2 is 1.95 bits per heavy atom. The number of hydrogen-bond acceptors (Lipinski definition) is 4. The van der Waals surface area contributed by atoms with Gasteiger partial charge < -0.3 is 10.4 Å². The van der Waals surface area contributed by atoms with Gasteiger partial charge in [-0.3, -0.25) is 10.1 Å². The average molecular weight is 313 g/mol. The van der Waals surface area contributed by atoms with Gasteiger partial charge in [0.2, 0.25) is 0 Å². The molecule has 6 heteroatoms. The van der Waals surface area contributed by atoms with Crippen LogP contribution in [0, 0.1) is 16.0 Å². The second-order valence-electron chi connectivity index (χ2n) is 5.99. The Morgan fingerprint density at radius 1 is 1.24 bits per heavy atom. The molecule has 1 aromatic rings. The number of non-ortho nitro benzene ring substituents is 1. The zero-order valence-corrected chi connectivity index (χ0v) is 12.6. The Kier molecular flexibility index (Phi) is 4.86. The third-order valence-electron chi connectivity index (χ3n) is 4.85. The molecule has 1 heterocycles. The van der Waals surface area contributed by atoms with E-state index < -0.39 is 5.60 Å². The van der Waals surface area contributed by atoms with Gasteiger partial charge in [0.1, 0.15) is 0 Å². The molecule has 21 heavy (non-hydrogen) atoms. The lowest BCUT2D eigenvalue weighted by Crippen LogP contribution is -2.53. The summed E-state index contributed by atoms with van der Waals surface area (Å²) in [6.07, 6.45) is 4.95. The fourth-order valence-corrected chi connectivity index (χ4v) is 3.78. The van der Waals surface area contributed by atoms with Gasteiger partial charge in [-0.05, 0) is 31.4 Å². The van der Waals surface area contributed by atoms with Crippen LogP contribution in [0.3, 0.4) is 0 Å². The van der Waals surface area contributed by atoms with Gasteiger partial charge in [-0.15, -0.1) is 12.4 Å². The minimum absolute atomic E-state index is 0. The van der Waals surface area contributed by atoms with Crippen LogP contribution in [0.5, 0.6) is 0 Å². The van der Waals surface area contributed by atoms with Gasteiger partial charge >= 0.3 is 0 Å². The Morgan fingerprint density at radius 3 is 2.62 bits per heavy atom. The van der Waals surface area contributed by atoms with Gasteiger partial charge in [0, 0.05) is 24.1 Å². The number of aliphatic hydroxyl groups is 1. The van der Waals surface area contributed by atoms with E-state index in [0.717, 1.165) is 44.2 Å². The molecule has 0 bridgehead atoms. The fourth-order valence-electron chi connectivity index (χ4n) is 3.78. The van der Waals surface area contributed by atoms with Gasteiger partial charge in [0.25, 0.3) is 5.69 Å². The molecule has 1 aliphatic heterocycles. The minimum Gasteiger partial charge on any atom is -0.389 e. The van der Waals surface area contributed by atoms with E-state index in [1.54, 1.807) is 12.1 Å². The number of nitrogens with one attached hydrogen (secondary N) is 1. The summed E-state index contributed by atoms with van der Waals surface area (Å²) < 4.78 is 0. The van der Waals surface area contributed by atoms with Crippen molar-refractivity contribution >= 4 is 18.1 Å². The van der Waals surface area contributed by atoms with Crippen molar-refractivity contribution in [2.75, 3.05) is 6.54 Å². The Labute approximate surface area is 130 Å². The highest BCUT2D eigenvalue weighted by molar-refractivity contribution is 5.85. The van der Waals surface area contributed by atoms with Crippen molar-refractivity contribution in [1.82, 2.24) is 5.32 Å². The number of hydrogen-bond donors (Lipinski definition) is 2. The summed E-state index contributed by atoms with van der Waals surface area (Å²) in [6, 6.07) is 6.84. The fraction of sp³-hybridized carbons (Fsp3) is 0.600. The van der Waals surface area contributed by atoms with Crippen molar-refractivity contribution in [2.24, 2.45) is 5.92 Å². The number of benzene rings is 1. The molecule has 0 spiro atoms. The molecular weight excluding hydrogens is 292 g/mol. The lowest BCUT2D eigenvalue weighted by molar-refractivity contribution is -0.384. The molecule has 1 saturated heterocycles. The number of rotatable bonds is 2. The lowest BCUT2D eigenvalue weighted by atomic mass is 9.67. The molecule has 1 saturated carbocycles. The van der Waals surface area contributed by atoms with E-state index in [9.17, 15) is 15.2 Å². The van der Waals surface area contributed by atoms with E-state index in [-0.39, 0.29) is 35.0 Å². The minimum atomic E-state index is -0.560. The predicted octanol–water partition coefficient (Wildman–Crippen LogP) is 2.97. The monoisotopic (exact) mass is 312 g/mol. The van der Waals surface area contributed by atoms with Crippen LogP contribution >= 0.6 is 12.4 Å². The molecule has 3 unspecified atom stereocenters. The molecule has 2 fully saturated rings. The highest BCUT2D eigenvalue weighted by Crippen LogP contribution is 2.45. The number of nitro benzene ring substituents is 1. The van der Waals surface area contributed by atoms with Crippen LogP contribution in [-0.2, 0) is 0 Å². The molecule has 0 radical (unpaired) electrons. The number of fused-ring (bicyclic) bond motifs is 1. The lowest BCUT2D eigenvalue weighted by Gasteiger charge is -2.48. The molecule has 2 N–H and O–H groups in total. The van der Waals surface area contributed by atoms with E-state index in [2.05, 4.69) is 5.32 Å². The Hall–Kier alpha value is -1.17. The van der Waals surface area contributed by atoms with Crippen molar-refractivity contribution in [2.45, 2.75) is 43.7 Å². The number of piperidine rings is 1. The van der Waals surface area contributed by atoms with Gasteiger partial charge in [-0.2, -0.15) is 0 Å². The first kappa shape index (κ1) is 16.2. The van der Waals surface area contributed by atoms with Crippen molar-refractivity contribution < 1.29 is 10.0 Å². The molecule has 1 aliphatic carbocycles. The molecular formula is C15H21ClN2O3. The summed E-state index contributed by atoms with van der Waals surface area (Å²) >= 11 is 0. The van der Waals surface area contributed by atoms with E-state index >= 15 is 0 Å². The molecule has 116 valence electrons. The van der Waals surface area contributed by atoms with Crippen LogP contribution in [0.4, 0.5) is 5.69 Å². The number of halogens is 1. The third kappa shape index (κ3) is 3.05. The molecule has 0 amide bonds. The second-order valence-corrected chi connectivity index (χ2v) is 5.99. The van der Waals surface area contributed by atoms with Gasteiger partial charge in [-0.25, -0.2) is 0 Å². The van der Waals surface area contributed by atoms with Crippen LogP contribution in [0.15, 0.2) is 24.3 Å². The Bertz CT molecular complexity index is 504. The highest BCUT2D eigenvalue weighted by Gasteiger charge is 2.45. The molecule has 1 aromatic carbocycles. The quantitative estimate of drug-likeness (QED) is 0.650.